The highest BCUT2D eigenvalue weighted by atomic mass is 35.5. The SMILES string of the molecule is FC(F)(F)Oc1cc(Cl)cc(C2=CCC3(CC2)OCCO3)c1. The molecule has 1 fully saturated rings. The van der Waals surface area contributed by atoms with Crippen molar-refractivity contribution in [3.05, 3.63) is 34.9 Å². The van der Waals surface area contributed by atoms with Crippen molar-refractivity contribution in [1.29, 1.82) is 0 Å². The molecule has 0 bridgehead atoms. The molecule has 7 heteroatoms. The van der Waals surface area contributed by atoms with Crippen LogP contribution in [0.15, 0.2) is 24.3 Å². The van der Waals surface area contributed by atoms with Crippen LogP contribution >= 0.6 is 11.6 Å². The molecular weight excluding hydrogens is 321 g/mol. The molecule has 1 spiro atoms. The summed E-state index contributed by atoms with van der Waals surface area (Å²) in [7, 11) is 0. The second-order valence-electron chi connectivity index (χ2n) is 5.26. The van der Waals surface area contributed by atoms with Crippen LogP contribution in [0.2, 0.25) is 5.02 Å². The molecule has 22 heavy (non-hydrogen) atoms. The van der Waals surface area contributed by atoms with Gasteiger partial charge in [0.05, 0.1) is 13.2 Å². The summed E-state index contributed by atoms with van der Waals surface area (Å²) >= 11 is 5.89. The monoisotopic (exact) mass is 334 g/mol. The second kappa shape index (κ2) is 5.76. The lowest BCUT2D eigenvalue weighted by Crippen LogP contribution is -2.31. The lowest BCUT2D eigenvalue weighted by atomic mass is 9.90. The summed E-state index contributed by atoms with van der Waals surface area (Å²) in [5.74, 6) is -0.877. The third-order valence-electron chi connectivity index (χ3n) is 3.72. The summed E-state index contributed by atoms with van der Waals surface area (Å²) in [6, 6.07) is 4.12. The molecule has 0 atom stereocenters. The van der Waals surface area contributed by atoms with Crippen LogP contribution in [0.4, 0.5) is 13.2 Å². The van der Waals surface area contributed by atoms with Gasteiger partial charge in [0.15, 0.2) is 5.79 Å². The summed E-state index contributed by atoms with van der Waals surface area (Å²) in [5, 5.41) is 0.200. The molecular formula is C15H14ClF3O3. The van der Waals surface area contributed by atoms with Crippen LogP contribution in [-0.4, -0.2) is 25.4 Å². The maximum atomic E-state index is 12.3. The molecule has 0 unspecified atom stereocenters. The zero-order valence-electron chi connectivity index (χ0n) is 11.6. The van der Waals surface area contributed by atoms with Crippen LogP contribution in [0.3, 0.4) is 0 Å². The first-order chi connectivity index (χ1) is 10.4. The predicted molar refractivity (Wildman–Crippen MR) is 74.6 cm³/mol. The average Bonchev–Trinajstić information content (AvgIpc) is 2.85. The third kappa shape index (κ3) is 3.56. The van der Waals surface area contributed by atoms with Crippen molar-refractivity contribution in [2.45, 2.75) is 31.4 Å². The number of ether oxygens (including phenoxy) is 3. The molecule has 3 rings (SSSR count). The Bertz CT molecular complexity index is 592. The van der Waals surface area contributed by atoms with Crippen LogP contribution < -0.4 is 4.74 Å². The number of alkyl halides is 3. The fraction of sp³-hybridized carbons (Fsp3) is 0.467. The molecule has 1 saturated heterocycles. The normalized spacial score (nSPS) is 21.0. The average molecular weight is 335 g/mol. The topological polar surface area (TPSA) is 27.7 Å². The zero-order valence-corrected chi connectivity index (χ0v) is 12.3. The van der Waals surface area contributed by atoms with E-state index in [9.17, 15) is 13.2 Å². The van der Waals surface area contributed by atoms with Crippen LogP contribution in [0.5, 0.6) is 5.75 Å². The maximum Gasteiger partial charge on any atom is 0.573 e. The van der Waals surface area contributed by atoms with Gasteiger partial charge in [-0.25, -0.2) is 0 Å². The van der Waals surface area contributed by atoms with E-state index in [-0.39, 0.29) is 10.8 Å². The Labute approximate surface area is 130 Å². The summed E-state index contributed by atoms with van der Waals surface area (Å²) < 4.78 is 52.2. The van der Waals surface area contributed by atoms with Gasteiger partial charge in [-0.3, -0.25) is 0 Å². The molecule has 120 valence electrons. The molecule has 0 N–H and O–H groups in total. The Hall–Kier alpha value is -1.24. The van der Waals surface area contributed by atoms with E-state index in [1.54, 1.807) is 6.07 Å². The van der Waals surface area contributed by atoms with Gasteiger partial charge < -0.3 is 14.2 Å². The fourth-order valence-corrected chi connectivity index (χ4v) is 3.00. The molecule has 0 amide bonds. The molecule has 1 aromatic rings. The highest BCUT2D eigenvalue weighted by molar-refractivity contribution is 6.30. The van der Waals surface area contributed by atoms with Gasteiger partial charge in [0.2, 0.25) is 0 Å². The minimum atomic E-state index is -4.74. The van der Waals surface area contributed by atoms with E-state index < -0.39 is 12.1 Å². The summed E-state index contributed by atoms with van der Waals surface area (Å²) in [6.45, 7) is 1.15. The first-order valence-corrected chi connectivity index (χ1v) is 7.27. The van der Waals surface area contributed by atoms with Crippen molar-refractivity contribution < 1.29 is 27.4 Å². The first kappa shape index (κ1) is 15.6. The second-order valence-corrected chi connectivity index (χ2v) is 5.70. The highest BCUT2D eigenvalue weighted by Gasteiger charge is 2.38. The zero-order chi connectivity index (χ0) is 15.8. The summed E-state index contributed by atoms with van der Waals surface area (Å²) in [6.07, 6.45) is -0.923. The van der Waals surface area contributed by atoms with E-state index in [4.69, 9.17) is 21.1 Å². The van der Waals surface area contributed by atoms with Crippen molar-refractivity contribution in [2.24, 2.45) is 0 Å². The minimum absolute atomic E-state index is 0.200. The molecule has 1 aliphatic heterocycles. The minimum Gasteiger partial charge on any atom is -0.406 e. The van der Waals surface area contributed by atoms with E-state index in [1.165, 1.54) is 6.07 Å². The van der Waals surface area contributed by atoms with Gasteiger partial charge in [0.1, 0.15) is 5.75 Å². The Balaban J connectivity index is 1.81. The van der Waals surface area contributed by atoms with Crippen molar-refractivity contribution in [3.63, 3.8) is 0 Å². The quantitative estimate of drug-likeness (QED) is 0.794. The molecule has 0 aromatic heterocycles. The van der Waals surface area contributed by atoms with Crippen LogP contribution in [-0.2, 0) is 9.47 Å². The third-order valence-corrected chi connectivity index (χ3v) is 3.94. The van der Waals surface area contributed by atoms with E-state index >= 15 is 0 Å². The van der Waals surface area contributed by atoms with E-state index in [2.05, 4.69) is 4.74 Å². The molecule has 1 heterocycles. The van der Waals surface area contributed by atoms with Crippen LogP contribution in [0.25, 0.3) is 5.57 Å². The van der Waals surface area contributed by atoms with Crippen molar-refractivity contribution in [2.75, 3.05) is 13.2 Å². The Morgan fingerprint density at radius 2 is 1.86 bits per heavy atom. The lowest BCUT2D eigenvalue weighted by Gasteiger charge is -2.30. The molecule has 0 saturated carbocycles. The number of benzene rings is 1. The van der Waals surface area contributed by atoms with E-state index in [0.29, 0.717) is 38.0 Å². The van der Waals surface area contributed by atoms with Gasteiger partial charge in [-0.15, -0.1) is 13.2 Å². The number of hydrogen-bond acceptors (Lipinski definition) is 3. The molecule has 2 aliphatic rings. The standard InChI is InChI=1S/C15H14ClF3O3/c16-12-7-11(8-13(9-12)22-15(17,18)19)10-1-3-14(4-2-10)20-5-6-21-14/h1,7-9H,2-6H2. The Kier molecular flexibility index (Phi) is 4.09. The smallest absolute Gasteiger partial charge is 0.406 e. The van der Waals surface area contributed by atoms with E-state index in [1.807, 2.05) is 6.08 Å². The predicted octanol–water partition coefficient (Wildman–Crippen LogP) is 4.55. The first-order valence-electron chi connectivity index (χ1n) is 6.89. The van der Waals surface area contributed by atoms with Crippen LogP contribution in [0, 0.1) is 0 Å². The Morgan fingerprint density at radius 1 is 1.14 bits per heavy atom. The number of halogens is 4. The summed E-state index contributed by atoms with van der Waals surface area (Å²) in [4.78, 5) is 0. The Morgan fingerprint density at radius 3 is 2.45 bits per heavy atom. The van der Waals surface area contributed by atoms with Crippen molar-refractivity contribution in [3.8, 4) is 5.75 Å². The number of hydrogen-bond donors (Lipinski definition) is 0. The maximum absolute atomic E-state index is 12.3. The molecule has 3 nitrogen and oxygen atoms in total. The highest BCUT2D eigenvalue weighted by Crippen LogP contribution is 2.39. The van der Waals surface area contributed by atoms with Gasteiger partial charge in [0, 0.05) is 17.9 Å². The fourth-order valence-electron chi connectivity index (χ4n) is 2.77. The van der Waals surface area contributed by atoms with Crippen molar-refractivity contribution in [1.82, 2.24) is 0 Å². The van der Waals surface area contributed by atoms with Gasteiger partial charge in [-0.2, -0.15) is 0 Å². The van der Waals surface area contributed by atoms with Gasteiger partial charge in [0.25, 0.3) is 0 Å². The molecule has 0 radical (unpaired) electrons. The molecule has 1 aliphatic carbocycles. The largest absolute Gasteiger partial charge is 0.573 e. The van der Waals surface area contributed by atoms with E-state index in [0.717, 1.165) is 11.6 Å². The lowest BCUT2D eigenvalue weighted by molar-refractivity contribution is -0.274. The van der Waals surface area contributed by atoms with Crippen LogP contribution in [0.1, 0.15) is 24.8 Å². The number of allylic oxidation sites excluding steroid dienone is 1. The number of rotatable bonds is 2. The van der Waals surface area contributed by atoms with Crippen molar-refractivity contribution >= 4 is 17.2 Å². The summed E-state index contributed by atoms with van der Waals surface area (Å²) in [5.41, 5.74) is 1.54. The molecule has 1 aromatic carbocycles. The van der Waals surface area contributed by atoms with Gasteiger partial charge in [-0.1, -0.05) is 17.7 Å². The van der Waals surface area contributed by atoms with Gasteiger partial charge >= 0.3 is 6.36 Å². The van der Waals surface area contributed by atoms with Gasteiger partial charge in [-0.05, 0) is 35.8 Å².